The van der Waals surface area contributed by atoms with Gasteiger partial charge in [0.2, 0.25) is 10.0 Å². The summed E-state index contributed by atoms with van der Waals surface area (Å²) in [6.45, 7) is 2.41. The molecule has 0 saturated heterocycles. The quantitative estimate of drug-likeness (QED) is 0.316. The normalized spacial score (nSPS) is 12.1. The lowest BCUT2D eigenvalue weighted by Crippen LogP contribution is -2.37. The summed E-state index contributed by atoms with van der Waals surface area (Å²) in [5.74, 6) is -1.46. The Bertz CT molecular complexity index is 839. The second kappa shape index (κ2) is 9.99. The van der Waals surface area contributed by atoms with Crippen LogP contribution in [0.2, 0.25) is 0 Å². The molecule has 0 aliphatic heterocycles. The fourth-order valence-electron chi connectivity index (χ4n) is 2.05. The molecular weight excluding hydrogens is 392 g/mol. The Morgan fingerprint density at radius 2 is 1.96 bits per heavy atom. The maximum Gasteiger partial charge on any atom is 0.321 e. The number of nitro groups is 1. The Labute approximate surface area is 163 Å². The molecule has 0 aliphatic rings. The molecule has 0 bridgehead atoms. The summed E-state index contributed by atoms with van der Waals surface area (Å²) in [5.41, 5.74) is -0.159. The number of esters is 1. The summed E-state index contributed by atoms with van der Waals surface area (Å²) >= 11 is 0. The summed E-state index contributed by atoms with van der Waals surface area (Å²) in [7, 11) is -1.02. The largest absolute Gasteiger partial charge is 0.455 e. The van der Waals surface area contributed by atoms with Gasteiger partial charge in [-0.15, -0.1) is 0 Å². The van der Waals surface area contributed by atoms with Gasteiger partial charge in [-0.25, -0.2) is 8.42 Å². The highest BCUT2D eigenvalue weighted by atomic mass is 32.2. The lowest BCUT2D eigenvalue weighted by Gasteiger charge is -2.14. The van der Waals surface area contributed by atoms with E-state index in [0.29, 0.717) is 6.42 Å². The minimum absolute atomic E-state index is 0.0781. The smallest absolute Gasteiger partial charge is 0.321 e. The van der Waals surface area contributed by atoms with Gasteiger partial charge >= 0.3 is 5.97 Å². The van der Waals surface area contributed by atoms with Crippen LogP contribution in [0.4, 0.5) is 11.4 Å². The maximum atomic E-state index is 12.3. The van der Waals surface area contributed by atoms with Crippen molar-refractivity contribution < 1.29 is 27.7 Å². The third-order valence-electron chi connectivity index (χ3n) is 3.73. The Hall–Kier alpha value is -2.73. The number of ether oxygens (including phenoxy) is 1. The molecule has 156 valence electrons. The molecule has 1 unspecified atom stereocenters. The van der Waals surface area contributed by atoms with E-state index >= 15 is 0 Å². The number of anilines is 1. The van der Waals surface area contributed by atoms with E-state index in [1.807, 2.05) is 11.6 Å². The number of amides is 1. The van der Waals surface area contributed by atoms with Gasteiger partial charge in [-0.2, -0.15) is 4.72 Å². The number of sulfonamides is 1. The number of hydrogen-bond acceptors (Lipinski definition) is 8. The SMILES string of the molecule is CCC(C)NC(=O)COC(=O)CNS(=O)(=O)c1ccc(N(C)C)c([N+](=O)[O-])c1. The molecule has 0 spiro atoms. The zero-order valence-electron chi connectivity index (χ0n) is 16.1. The van der Waals surface area contributed by atoms with Crippen molar-refractivity contribution in [3.05, 3.63) is 28.3 Å². The summed E-state index contributed by atoms with van der Waals surface area (Å²) in [4.78, 5) is 34.8. The standard InChI is InChI=1S/C16H24N4O7S/c1-5-11(2)18-15(21)10-27-16(22)9-17-28(25,26)12-6-7-13(19(3)4)14(8-12)20(23)24/h6-8,11,17H,5,9-10H2,1-4H3,(H,18,21). The van der Waals surface area contributed by atoms with Crippen LogP contribution in [0.3, 0.4) is 0 Å². The van der Waals surface area contributed by atoms with Gasteiger partial charge in [-0.05, 0) is 25.5 Å². The number of carbonyl (C=O) groups excluding carboxylic acids is 2. The van der Waals surface area contributed by atoms with Gasteiger partial charge < -0.3 is 15.0 Å². The molecule has 0 fully saturated rings. The predicted octanol–water partition coefficient (Wildman–Crippen LogP) is 0.397. The van der Waals surface area contributed by atoms with Crippen LogP contribution in [-0.4, -0.2) is 58.5 Å². The van der Waals surface area contributed by atoms with Gasteiger partial charge in [0.15, 0.2) is 6.61 Å². The summed E-state index contributed by atoms with van der Waals surface area (Å²) in [6.07, 6.45) is 0.707. The van der Waals surface area contributed by atoms with Gasteiger partial charge in [0, 0.05) is 26.2 Å². The Balaban J connectivity index is 2.74. The Kier molecular flexibility index (Phi) is 8.32. The molecule has 1 atom stereocenters. The molecule has 2 N–H and O–H groups in total. The molecule has 11 nitrogen and oxygen atoms in total. The van der Waals surface area contributed by atoms with Crippen molar-refractivity contribution in [1.82, 2.24) is 10.0 Å². The number of hydrogen-bond donors (Lipinski definition) is 2. The zero-order valence-corrected chi connectivity index (χ0v) is 16.9. The van der Waals surface area contributed by atoms with E-state index in [4.69, 9.17) is 4.74 Å². The first-order valence-electron chi connectivity index (χ1n) is 8.38. The second-order valence-corrected chi connectivity index (χ2v) is 7.93. The van der Waals surface area contributed by atoms with E-state index in [1.165, 1.54) is 17.0 Å². The first kappa shape index (κ1) is 23.3. The highest BCUT2D eigenvalue weighted by Crippen LogP contribution is 2.29. The van der Waals surface area contributed by atoms with Gasteiger partial charge in [0.05, 0.1) is 9.82 Å². The molecule has 0 aliphatic carbocycles. The Morgan fingerprint density at radius 1 is 1.32 bits per heavy atom. The van der Waals surface area contributed by atoms with Crippen LogP contribution in [0.5, 0.6) is 0 Å². The van der Waals surface area contributed by atoms with Gasteiger partial charge in [0.1, 0.15) is 12.2 Å². The first-order chi connectivity index (χ1) is 13.0. The van der Waals surface area contributed by atoms with E-state index in [1.54, 1.807) is 21.0 Å². The van der Waals surface area contributed by atoms with Crippen LogP contribution >= 0.6 is 0 Å². The molecule has 12 heteroatoms. The van der Waals surface area contributed by atoms with Crippen LogP contribution in [0.1, 0.15) is 20.3 Å². The molecule has 0 saturated carbocycles. The summed E-state index contributed by atoms with van der Waals surface area (Å²) < 4.78 is 31.3. The monoisotopic (exact) mass is 416 g/mol. The first-order valence-corrected chi connectivity index (χ1v) is 9.86. The fourth-order valence-corrected chi connectivity index (χ4v) is 3.04. The van der Waals surface area contributed by atoms with Gasteiger partial charge in [0.25, 0.3) is 11.6 Å². The summed E-state index contributed by atoms with van der Waals surface area (Å²) in [6, 6.07) is 3.31. The minimum Gasteiger partial charge on any atom is -0.455 e. The van der Waals surface area contributed by atoms with E-state index in [0.717, 1.165) is 6.07 Å². The molecule has 1 rings (SSSR count). The van der Waals surface area contributed by atoms with Crippen molar-refractivity contribution in [2.75, 3.05) is 32.1 Å². The molecule has 1 amide bonds. The van der Waals surface area contributed by atoms with E-state index in [9.17, 15) is 28.1 Å². The predicted molar refractivity (Wildman–Crippen MR) is 101 cm³/mol. The van der Waals surface area contributed by atoms with Gasteiger partial charge in [-0.3, -0.25) is 19.7 Å². The second-order valence-electron chi connectivity index (χ2n) is 6.16. The van der Waals surface area contributed by atoms with Crippen LogP contribution in [0.25, 0.3) is 0 Å². The van der Waals surface area contributed by atoms with E-state index in [2.05, 4.69) is 5.32 Å². The molecule has 1 aromatic carbocycles. The zero-order chi connectivity index (χ0) is 21.5. The van der Waals surface area contributed by atoms with Crippen molar-refractivity contribution in [2.45, 2.75) is 31.2 Å². The number of nitrogens with zero attached hydrogens (tertiary/aromatic N) is 2. The number of nitro benzene ring substituents is 1. The third kappa shape index (κ3) is 6.78. The highest BCUT2D eigenvalue weighted by molar-refractivity contribution is 7.89. The van der Waals surface area contributed by atoms with Crippen molar-refractivity contribution in [2.24, 2.45) is 0 Å². The van der Waals surface area contributed by atoms with Crippen LogP contribution in [0, 0.1) is 10.1 Å². The average Bonchev–Trinajstić information content (AvgIpc) is 2.63. The lowest BCUT2D eigenvalue weighted by atomic mass is 10.2. The van der Waals surface area contributed by atoms with Crippen LogP contribution in [-0.2, 0) is 24.3 Å². The highest BCUT2D eigenvalue weighted by Gasteiger charge is 2.23. The Morgan fingerprint density at radius 3 is 2.50 bits per heavy atom. The number of benzene rings is 1. The number of nitrogens with one attached hydrogen (secondary N) is 2. The number of rotatable bonds is 10. The van der Waals surface area contributed by atoms with Gasteiger partial charge in [-0.1, -0.05) is 6.92 Å². The molecule has 0 heterocycles. The molecule has 0 radical (unpaired) electrons. The molecule has 28 heavy (non-hydrogen) atoms. The number of carbonyl (C=O) groups is 2. The topological polar surface area (TPSA) is 148 Å². The fraction of sp³-hybridized carbons (Fsp3) is 0.500. The van der Waals surface area contributed by atoms with Crippen molar-refractivity contribution in [3.63, 3.8) is 0 Å². The maximum absolute atomic E-state index is 12.3. The van der Waals surface area contributed by atoms with Crippen LogP contribution < -0.4 is 14.9 Å². The molecule has 1 aromatic rings. The van der Waals surface area contributed by atoms with Crippen molar-refractivity contribution in [1.29, 1.82) is 0 Å². The van der Waals surface area contributed by atoms with Crippen molar-refractivity contribution >= 4 is 33.3 Å². The average molecular weight is 416 g/mol. The third-order valence-corrected chi connectivity index (χ3v) is 5.13. The van der Waals surface area contributed by atoms with Crippen LogP contribution in [0.15, 0.2) is 23.1 Å². The molecular formula is C16H24N4O7S. The van der Waals surface area contributed by atoms with Crippen molar-refractivity contribution in [3.8, 4) is 0 Å². The van der Waals surface area contributed by atoms with E-state index < -0.39 is 45.7 Å². The minimum atomic E-state index is -4.19. The summed E-state index contributed by atoms with van der Waals surface area (Å²) in [5, 5.41) is 13.8. The van der Waals surface area contributed by atoms with E-state index in [-0.39, 0.29) is 16.6 Å². The lowest BCUT2D eigenvalue weighted by molar-refractivity contribution is -0.384. The molecule has 0 aromatic heterocycles.